The second kappa shape index (κ2) is 9.77. The van der Waals surface area contributed by atoms with Gasteiger partial charge in [-0.05, 0) is 18.4 Å². The Kier molecular flexibility index (Phi) is 7.89. The molecule has 1 atom stereocenters. The average molecular weight is 294 g/mol. The van der Waals surface area contributed by atoms with Crippen molar-refractivity contribution in [3.63, 3.8) is 0 Å². The van der Waals surface area contributed by atoms with Gasteiger partial charge in [0, 0.05) is 19.8 Å². The lowest BCUT2D eigenvalue weighted by Crippen LogP contribution is -2.41. The minimum atomic E-state index is -1.09. The van der Waals surface area contributed by atoms with E-state index in [1.165, 1.54) is 0 Å². The lowest BCUT2D eigenvalue weighted by atomic mass is 10.1. The molecule has 21 heavy (non-hydrogen) atoms. The largest absolute Gasteiger partial charge is 0.479 e. The van der Waals surface area contributed by atoms with Crippen molar-refractivity contribution in [3.8, 4) is 0 Å². The fourth-order valence-corrected chi connectivity index (χ4v) is 1.74. The number of hydrogen-bond donors (Lipinski definition) is 3. The first-order chi connectivity index (χ1) is 10.1. The maximum absolute atomic E-state index is 11.7. The van der Waals surface area contributed by atoms with Crippen molar-refractivity contribution in [1.29, 1.82) is 0 Å². The molecule has 0 fully saturated rings. The van der Waals surface area contributed by atoms with Crippen LogP contribution in [-0.4, -0.2) is 36.9 Å². The lowest BCUT2D eigenvalue weighted by Gasteiger charge is -2.15. The monoisotopic (exact) mass is 294 g/mol. The fourth-order valence-electron chi connectivity index (χ4n) is 1.74. The smallest absolute Gasteiger partial charge is 0.330 e. The van der Waals surface area contributed by atoms with E-state index in [1.807, 2.05) is 6.92 Å². The van der Waals surface area contributed by atoms with Crippen molar-refractivity contribution in [2.45, 2.75) is 25.8 Å². The third-order valence-corrected chi connectivity index (χ3v) is 2.75. The molecule has 1 aromatic rings. The molecule has 116 valence electrons. The Morgan fingerprint density at radius 2 is 1.95 bits per heavy atom. The van der Waals surface area contributed by atoms with Crippen LogP contribution in [0.4, 0.5) is 4.79 Å². The number of carboxylic acids is 1. The topological polar surface area (TPSA) is 87.7 Å². The number of nitrogens with one attached hydrogen (secondary N) is 2. The molecule has 2 amide bonds. The summed E-state index contributed by atoms with van der Waals surface area (Å²) in [5, 5.41) is 14.2. The van der Waals surface area contributed by atoms with Gasteiger partial charge in [-0.2, -0.15) is 0 Å². The van der Waals surface area contributed by atoms with E-state index in [1.54, 1.807) is 30.3 Å². The molecule has 0 aliphatic heterocycles. The zero-order chi connectivity index (χ0) is 15.5. The Morgan fingerprint density at radius 3 is 2.57 bits per heavy atom. The zero-order valence-corrected chi connectivity index (χ0v) is 12.2. The molecule has 0 bridgehead atoms. The van der Waals surface area contributed by atoms with E-state index in [-0.39, 0.29) is 0 Å². The van der Waals surface area contributed by atoms with E-state index in [2.05, 4.69) is 10.6 Å². The quantitative estimate of drug-likeness (QED) is 0.607. The number of ether oxygens (including phenoxy) is 1. The number of amides is 2. The second-order valence-electron chi connectivity index (χ2n) is 4.55. The molecule has 3 N–H and O–H groups in total. The number of carboxylic acid groups (broad SMARTS) is 1. The minimum absolute atomic E-state index is 0.441. The molecule has 0 spiro atoms. The van der Waals surface area contributed by atoms with Gasteiger partial charge in [-0.15, -0.1) is 0 Å². The number of hydrogen-bond acceptors (Lipinski definition) is 3. The van der Waals surface area contributed by atoms with Gasteiger partial charge in [-0.3, -0.25) is 0 Å². The van der Waals surface area contributed by atoms with Crippen LogP contribution in [0, 0.1) is 0 Å². The summed E-state index contributed by atoms with van der Waals surface area (Å²) in [7, 11) is 0. The average Bonchev–Trinajstić information content (AvgIpc) is 2.49. The van der Waals surface area contributed by atoms with Crippen LogP contribution in [0.2, 0.25) is 0 Å². The predicted octanol–water partition coefficient (Wildman–Crippen LogP) is 1.93. The molecule has 0 aliphatic rings. The third kappa shape index (κ3) is 6.76. The van der Waals surface area contributed by atoms with Crippen LogP contribution in [0.1, 0.15) is 31.4 Å². The first-order valence-corrected chi connectivity index (χ1v) is 7.05. The molecular formula is C15H22N2O4. The van der Waals surface area contributed by atoms with Crippen LogP contribution in [0.3, 0.4) is 0 Å². The number of rotatable bonds is 9. The first-order valence-electron chi connectivity index (χ1n) is 7.05. The van der Waals surface area contributed by atoms with Crippen molar-refractivity contribution in [1.82, 2.24) is 10.6 Å². The highest BCUT2D eigenvalue weighted by Gasteiger charge is 2.21. The Bertz CT molecular complexity index is 437. The summed E-state index contributed by atoms with van der Waals surface area (Å²) in [5.41, 5.74) is 0.534. The predicted molar refractivity (Wildman–Crippen MR) is 79.1 cm³/mol. The van der Waals surface area contributed by atoms with E-state index in [9.17, 15) is 14.7 Å². The van der Waals surface area contributed by atoms with Crippen LogP contribution in [0.15, 0.2) is 30.3 Å². The summed E-state index contributed by atoms with van der Waals surface area (Å²) in [6, 6.07) is 7.03. The summed E-state index contributed by atoms with van der Waals surface area (Å²) in [4.78, 5) is 22.9. The Hall–Kier alpha value is -2.08. The van der Waals surface area contributed by atoms with Crippen molar-refractivity contribution < 1.29 is 19.4 Å². The zero-order valence-electron chi connectivity index (χ0n) is 12.2. The van der Waals surface area contributed by atoms with E-state index < -0.39 is 18.0 Å². The van der Waals surface area contributed by atoms with E-state index >= 15 is 0 Å². The van der Waals surface area contributed by atoms with E-state index in [4.69, 9.17) is 4.74 Å². The van der Waals surface area contributed by atoms with Gasteiger partial charge in [0.25, 0.3) is 0 Å². The number of urea groups is 1. The summed E-state index contributed by atoms with van der Waals surface area (Å²) in [6.07, 6.45) is 1.65. The van der Waals surface area contributed by atoms with Gasteiger partial charge in [0.2, 0.25) is 0 Å². The van der Waals surface area contributed by atoms with Crippen molar-refractivity contribution in [2.24, 2.45) is 0 Å². The Labute approximate surface area is 124 Å². The SMILES string of the molecule is CCCOCCCNC(=O)N[C@H](C(=O)O)c1ccccc1. The molecule has 0 aromatic heterocycles. The summed E-state index contributed by atoms with van der Waals surface area (Å²) >= 11 is 0. The van der Waals surface area contributed by atoms with Gasteiger partial charge in [-0.1, -0.05) is 37.3 Å². The maximum atomic E-state index is 11.7. The Morgan fingerprint density at radius 1 is 1.24 bits per heavy atom. The van der Waals surface area contributed by atoms with Gasteiger partial charge in [0.05, 0.1) is 0 Å². The van der Waals surface area contributed by atoms with E-state index in [0.29, 0.717) is 31.7 Å². The van der Waals surface area contributed by atoms with Gasteiger partial charge >= 0.3 is 12.0 Å². The minimum Gasteiger partial charge on any atom is -0.479 e. The van der Waals surface area contributed by atoms with Crippen LogP contribution < -0.4 is 10.6 Å². The van der Waals surface area contributed by atoms with Gasteiger partial charge in [0.1, 0.15) is 0 Å². The number of carbonyl (C=O) groups excluding carboxylic acids is 1. The molecule has 0 saturated carbocycles. The second-order valence-corrected chi connectivity index (χ2v) is 4.55. The van der Waals surface area contributed by atoms with Crippen LogP contribution in [-0.2, 0) is 9.53 Å². The van der Waals surface area contributed by atoms with Crippen LogP contribution in [0.25, 0.3) is 0 Å². The normalized spacial score (nSPS) is 11.7. The summed E-state index contributed by atoms with van der Waals surface area (Å²) in [5.74, 6) is -1.09. The summed E-state index contributed by atoms with van der Waals surface area (Å²) in [6.45, 7) is 3.76. The van der Waals surface area contributed by atoms with Crippen LogP contribution >= 0.6 is 0 Å². The molecule has 0 aliphatic carbocycles. The standard InChI is InChI=1S/C15H22N2O4/c1-2-10-21-11-6-9-16-15(20)17-13(14(18)19)12-7-4-3-5-8-12/h3-5,7-8,13H,2,6,9-11H2,1H3,(H,18,19)(H2,16,17,20)/t13-/m0/s1. The molecule has 6 nitrogen and oxygen atoms in total. The van der Waals surface area contributed by atoms with Gasteiger partial charge in [0.15, 0.2) is 6.04 Å². The van der Waals surface area contributed by atoms with Gasteiger partial charge < -0.3 is 20.5 Å². The molecule has 6 heteroatoms. The highest BCUT2D eigenvalue weighted by molar-refractivity contribution is 5.83. The molecule has 1 rings (SSSR count). The van der Waals surface area contributed by atoms with Crippen molar-refractivity contribution in [2.75, 3.05) is 19.8 Å². The first kappa shape index (κ1) is 17.0. The molecular weight excluding hydrogens is 272 g/mol. The van der Waals surface area contributed by atoms with Gasteiger partial charge in [-0.25, -0.2) is 9.59 Å². The number of benzene rings is 1. The Balaban J connectivity index is 2.35. The lowest BCUT2D eigenvalue weighted by molar-refractivity contribution is -0.139. The van der Waals surface area contributed by atoms with Crippen molar-refractivity contribution >= 4 is 12.0 Å². The molecule has 0 saturated heterocycles. The third-order valence-electron chi connectivity index (χ3n) is 2.75. The number of carbonyl (C=O) groups is 2. The van der Waals surface area contributed by atoms with Crippen LogP contribution in [0.5, 0.6) is 0 Å². The number of aliphatic carboxylic acids is 1. The summed E-state index contributed by atoms with van der Waals surface area (Å²) < 4.78 is 5.29. The molecule has 1 aromatic carbocycles. The highest BCUT2D eigenvalue weighted by Crippen LogP contribution is 2.12. The molecule has 0 heterocycles. The fraction of sp³-hybridized carbons (Fsp3) is 0.467. The highest BCUT2D eigenvalue weighted by atomic mass is 16.5. The van der Waals surface area contributed by atoms with Crippen molar-refractivity contribution in [3.05, 3.63) is 35.9 Å². The molecule has 0 unspecified atom stereocenters. The van der Waals surface area contributed by atoms with E-state index in [0.717, 1.165) is 6.42 Å². The molecule has 0 radical (unpaired) electrons. The maximum Gasteiger partial charge on any atom is 0.330 e.